The van der Waals surface area contributed by atoms with Gasteiger partial charge in [-0.05, 0) is 12.7 Å². The van der Waals surface area contributed by atoms with Crippen LogP contribution in [0.3, 0.4) is 0 Å². The molecule has 0 fully saturated rings. The fourth-order valence-electron chi connectivity index (χ4n) is 0.793. The summed E-state index contributed by atoms with van der Waals surface area (Å²) in [6.45, 7) is 1.35. The summed E-state index contributed by atoms with van der Waals surface area (Å²) in [7, 11) is 0. The van der Waals surface area contributed by atoms with Crippen molar-refractivity contribution in [1.82, 2.24) is 5.32 Å². The lowest BCUT2D eigenvalue weighted by molar-refractivity contribution is -0.122. The molecule has 0 saturated carbocycles. The van der Waals surface area contributed by atoms with Crippen molar-refractivity contribution in [3.05, 3.63) is 4.91 Å². The molecule has 7 heteroatoms. The Morgan fingerprint density at radius 1 is 1.71 bits per heavy atom. The van der Waals surface area contributed by atoms with Crippen LogP contribution in [0, 0.1) is 4.91 Å². The number of hydrogen-bond acceptors (Lipinski definition) is 6. The van der Waals surface area contributed by atoms with E-state index in [1.165, 1.54) is 6.92 Å². The van der Waals surface area contributed by atoms with Gasteiger partial charge in [-0.3, -0.25) is 4.79 Å². The molecule has 2 atom stereocenters. The molecular weight excluding hydrogens is 208 g/mol. The van der Waals surface area contributed by atoms with Crippen LogP contribution < -0.4 is 5.32 Å². The third-order valence-electron chi connectivity index (χ3n) is 1.57. The zero-order valence-corrected chi connectivity index (χ0v) is 8.74. The van der Waals surface area contributed by atoms with E-state index in [1.807, 2.05) is 0 Å². The maximum Gasteiger partial charge on any atom is 0.221 e. The van der Waals surface area contributed by atoms with E-state index in [0.29, 0.717) is 5.75 Å². The van der Waals surface area contributed by atoms with Crippen molar-refractivity contribution < 1.29 is 14.7 Å². The molecule has 2 N–H and O–H groups in total. The first-order valence-electron chi connectivity index (χ1n) is 4.14. The van der Waals surface area contributed by atoms with Crippen molar-refractivity contribution in [3.8, 4) is 0 Å². The number of hydrogen-bond donors (Lipinski definition) is 3. The minimum atomic E-state index is -0.805. The Hall–Kier alpha value is -0.820. The summed E-state index contributed by atoms with van der Waals surface area (Å²) < 4.78 is 0. The molecule has 14 heavy (non-hydrogen) atoms. The molecule has 0 aromatic rings. The van der Waals surface area contributed by atoms with Gasteiger partial charge in [0.15, 0.2) is 5.34 Å². The number of amides is 1. The zero-order valence-electron chi connectivity index (χ0n) is 7.84. The highest BCUT2D eigenvalue weighted by Gasteiger charge is 2.18. The first-order valence-corrected chi connectivity index (χ1v) is 4.78. The predicted molar refractivity (Wildman–Crippen MR) is 53.8 cm³/mol. The Bertz CT molecular complexity index is 189. The molecule has 0 heterocycles. The van der Waals surface area contributed by atoms with Crippen LogP contribution in [-0.4, -0.2) is 35.5 Å². The lowest BCUT2D eigenvalue weighted by Crippen LogP contribution is -2.45. The molecule has 0 bridgehead atoms. The Kier molecular flexibility index (Phi) is 7.13. The number of nitrogens with one attached hydrogen (secondary N) is 1. The van der Waals surface area contributed by atoms with Crippen molar-refractivity contribution in [2.24, 2.45) is 5.34 Å². The van der Waals surface area contributed by atoms with Gasteiger partial charge >= 0.3 is 0 Å². The normalized spacial score (nSPS) is 14.2. The predicted octanol–water partition coefficient (Wildman–Crippen LogP) is -0.130. The van der Waals surface area contributed by atoms with Crippen molar-refractivity contribution in [1.29, 1.82) is 0 Å². The Labute approximate surface area is 87.4 Å². The largest absolute Gasteiger partial charge is 0.391 e. The molecule has 0 aliphatic carbocycles. The quantitative estimate of drug-likeness (QED) is 0.318. The minimum absolute atomic E-state index is 0.139. The molecule has 0 saturated heterocycles. The fourth-order valence-corrected chi connectivity index (χ4v) is 0.996. The number of aliphatic hydroxyl groups excluding tert-OH is 1. The molecule has 0 aliphatic rings. The van der Waals surface area contributed by atoms with Crippen LogP contribution in [0.25, 0.3) is 0 Å². The Morgan fingerprint density at radius 2 is 2.36 bits per heavy atom. The highest BCUT2D eigenvalue weighted by molar-refractivity contribution is 7.80. The van der Waals surface area contributed by atoms with Crippen LogP contribution in [0.1, 0.15) is 13.3 Å². The van der Waals surface area contributed by atoms with Crippen LogP contribution in [0.2, 0.25) is 0 Å². The summed E-state index contributed by atoms with van der Waals surface area (Å²) in [4.78, 5) is 25.0. The average molecular weight is 222 g/mol. The van der Waals surface area contributed by atoms with Crippen LogP contribution in [0.5, 0.6) is 0 Å². The standard InChI is InChI=1S/C7H14N2O4S/c1-5(10)6(4-13-9-12)8-7(11)2-3-14/h5-6,10,14H,2-4H2,1H3,(H,8,11). The van der Waals surface area contributed by atoms with Crippen molar-refractivity contribution in [2.75, 3.05) is 12.4 Å². The van der Waals surface area contributed by atoms with E-state index in [-0.39, 0.29) is 18.9 Å². The minimum Gasteiger partial charge on any atom is -0.391 e. The molecule has 0 radical (unpaired) electrons. The smallest absolute Gasteiger partial charge is 0.221 e. The summed E-state index contributed by atoms with van der Waals surface area (Å²) in [6, 6.07) is -0.625. The number of carbonyl (C=O) groups is 1. The van der Waals surface area contributed by atoms with Gasteiger partial charge in [0.25, 0.3) is 0 Å². The van der Waals surface area contributed by atoms with Crippen LogP contribution in [0.4, 0.5) is 0 Å². The molecule has 0 aromatic heterocycles. The van der Waals surface area contributed by atoms with Gasteiger partial charge in [-0.15, -0.1) is 4.91 Å². The topological polar surface area (TPSA) is 88.0 Å². The molecule has 0 aromatic carbocycles. The average Bonchev–Trinajstić information content (AvgIpc) is 2.12. The maximum absolute atomic E-state index is 11.1. The van der Waals surface area contributed by atoms with Crippen LogP contribution in [-0.2, 0) is 9.63 Å². The lowest BCUT2D eigenvalue weighted by Gasteiger charge is -2.19. The van der Waals surface area contributed by atoms with E-state index in [0.717, 1.165) is 0 Å². The molecule has 2 unspecified atom stereocenters. The fraction of sp³-hybridized carbons (Fsp3) is 0.857. The first-order chi connectivity index (χ1) is 6.61. The van der Waals surface area contributed by atoms with Crippen LogP contribution >= 0.6 is 12.6 Å². The Balaban J connectivity index is 3.95. The summed E-state index contributed by atoms with van der Waals surface area (Å²) in [6.07, 6.45) is -0.554. The maximum atomic E-state index is 11.1. The molecule has 0 spiro atoms. The highest BCUT2D eigenvalue weighted by Crippen LogP contribution is 1.96. The second-order valence-corrected chi connectivity index (χ2v) is 3.21. The molecule has 0 aliphatic heterocycles. The van der Waals surface area contributed by atoms with E-state index in [4.69, 9.17) is 0 Å². The second-order valence-electron chi connectivity index (χ2n) is 2.76. The monoisotopic (exact) mass is 222 g/mol. The molecule has 82 valence electrons. The number of aliphatic hydroxyl groups is 1. The number of thiol groups is 1. The Morgan fingerprint density at radius 3 is 2.79 bits per heavy atom. The van der Waals surface area contributed by atoms with E-state index in [9.17, 15) is 14.8 Å². The number of nitrogens with zero attached hydrogens (tertiary/aromatic N) is 1. The third kappa shape index (κ3) is 5.76. The van der Waals surface area contributed by atoms with Crippen molar-refractivity contribution >= 4 is 18.5 Å². The molecular formula is C7H14N2O4S. The van der Waals surface area contributed by atoms with E-state index >= 15 is 0 Å². The van der Waals surface area contributed by atoms with Gasteiger partial charge in [0.2, 0.25) is 5.91 Å². The zero-order chi connectivity index (χ0) is 11.0. The van der Waals surface area contributed by atoms with E-state index in [2.05, 4.69) is 28.1 Å². The number of rotatable bonds is 7. The van der Waals surface area contributed by atoms with Gasteiger partial charge in [-0.1, -0.05) is 0 Å². The lowest BCUT2D eigenvalue weighted by atomic mass is 10.2. The molecule has 1 amide bonds. The summed E-state index contributed by atoms with van der Waals surface area (Å²) in [5.41, 5.74) is 0. The first kappa shape index (κ1) is 13.2. The van der Waals surface area contributed by atoms with Gasteiger partial charge < -0.3 is 15.3 Å². The molecule has 0 rings (SSSR count). The third-order valence-corrected chi connectivity index (χ3v) is 1.80. The summed E-state index contributed by atoms with van der Waals surface area (Å²) >= 11 is 3.88. The SMILES string of the molecule is CC(O)C(CON=O)NC(=O)CCS. The van der Waals surface area contributed by atoms with Gasteiger partial charge in [0, 0.05) is 6.42 Å². The summed E-state index contributed by atoms with van der Waals surface area (Å²) in [5, 5.41) is 13.9. The van der Waals surface area contributed by atoms with Crippen molar-refractivity contribution in [2.45, 2.75) is 25.5 Å². The van der Waals surface area contributed by atoms with Gasteiger partial charge in [-0.25, -0.2) is 0 Å². The highest BCUT2D eigenvalue weighted by atomic mass is 32.1. The summed E-state index contributed by atoms with van der Waals surface area (Å²) in [5.74, 6) is 0.172. The van der Waals surface area contributed by atoms with E-state index < -0.39 is 12.1 Å². The second kappa shape index (κ2) is 7.57. The van der Waals surface area contributed by atoms with Gasteiger partial charge in [0.1, 0.15) is 6.61 Å². The van der Waals surface area contributed by atoms with Crippen LogP contribution in [0.15, 0.2) is 5.34 Å². The van der Waals surface area contributed by atoms with Crippen molar-refractivity contribution in [3.63, 3.8) is 0 Å². The number of carbonyl (C=O) groups excluding carboxylic acids is 1. The molecule has 6 nitrogen and oxygen atoms in total. The van der Waals surface area contributed by atoms with Gasteiger partial charge in [-0.2, -0.15) is 12.6 Å². The van der Waals surface area contributed by atoms with E-state index in [1.54, 1.807) is 0 Å². The van der Waals surface area contributed by atoms with Gasteiger partial charge in [0.05, 0.1) is 12.1 Å².